The van der Waals surface area contributed by atoms with Crippen LogP contribution < -0.4 is 4.90 Å². The maximum absolute atomic E-state index is 12.9. The van der Waals surface area contributed by atoms with Gasteiger partial charge in [0.1, 0.15) is 12.4 Å². The van der Waals surface area contributed by atoms with Crippen molar-refractivity contribution in [3.8, 4) is 12.3 Å². The standard InChI is InChI=1S/C16H21FN2O2/c1-2-11-21-13-16(20)12-18-7-9-19(10-8-18)15-5-3-14(17)4-6-15/h1,3-6,16,20H,7-13H2/t16-/m1/s1. The molecule has 114 valence electrons. The number of anilines is 1. The van der Waals surface area contributed by atoms with Crippen LogP contribution in [-0.4, -0.2) is 62.0 Å². The van der Waals surface area contributed by atoms with Crippen LogP contribution in [0.2, 0.25) is 0 Å². The number of aliphatic hydroxyl groups is 1. The van der Waals surface area contributed by atoms with Gasteiger partial charge < -0.3 is 14.7 Å². The van der Waals surface area contributed by atoms with Crippen LogP contribution in [-0.2, 0) is 4.74 Å². The van der Waals surface area contributed by atoms with E-state index < -0.39 is 6.10 Å². The van der Waals surface area contributed by atoms with E-state index in [-0.39, 0.29) is 19.0 Å². The number of piperazine rings is 1. The Morgan fingerprint density at radius 3 is 2.52 bits per heavy atom. The van der Waals surface area contributed by atoms with Gasteiger partial charge in [-0.1, -0.05) is 5.92 Å². The topological polar surface area (TPSA) is 35.9 Å². The summed E-state index contributed by atoms with van der Waals surface area (Å²) < 4.78 is 18.0. The number of hydrogen-bond acceptors (Lipinski definition) is 4. The van der Waals surface area contributed by atoms with Crippen molar-refractivity contribution in [1.82, 2.24) is 4.90 Å². The molecule has 1 aromatic rings. The zero-order chi connectivity index (χ0) is 15.1. The number of nitrogens with zero attached hydrogens (tertiary/aromatic N) is 2. The lowest BCUT2D eigenvalue weighted by atomic mass is 10.2. The smallest absolute Gasteiger partial charge is 0.123 e. The monoisotopic (exact) mass is 292 g/mol. The van der Waals surface area contributed by atoms with Gasteiger partial charge in [0.15, 0.2) is 0 Å². The molecule has 1 heterocycles. The Morgan fingerprint density at radius 1 is 1.24 bits per heavy atom. The van der Waals surface area contributed by atoms with E-state index in [1.165, 1.54) is 12.1 Å². The lowest BCUT2D eigenvalue weighted by molar-refractivity contribution is 0.0267. The zero-order valence-electron chi connectivity index (χ0n) is 12.0. The Bertz CT molecular complexity index is 464. The van der Waals surface area contributed by atoms with Gasteiger partial charge in [-0.25, -0.2) is 4.39 Å². The van der Waals surface area contributed by atoms with Crippen molar-refractivity contribution in [2.24, 2.45) is 0 Å². The van der Waals surface area contributed by atoms with Crippen molar-refractivity contribution in [3.05, 3.63) is 30.1 Å². The molecular weight excluding hydrogens is 271 g/mol. The number of aliphatic hydroxyl groups excluding tert-OH is 1. The number of halogens is 1. The molecule has 21 heavy (non-hydrogen) atoms. The normalized spacial score (nSPS) is 17.5. The molecule has 4 nitrogen and oxygen atoms in total. The summed E-state index contributed by atoms with van der Waals surface area (Å²) in [6.07, 6.45) is 4.56. The van der Waals surface area contributed by atoms with E-state index in [2.05, 4.69) is 15.7 Å². The Labute approximate surface area is 125 Å². The summed E-state index contributed by atoms with van der Waals surface area (Å²) in [4.78, 5) is 4.42. The average molecular weight is 292 g/mol. The van der Waals surface area contributed by atoms with Crippen molar-refractivity contribution in [3.63, 3.8) is 0 Å². The molecule has 1 aliphatic heterocycles. The van der Waals surface area contributed by atoms with Crippen LogP contribution in [0.5, 0.6) is 0 Å². The fourth-order valence-electron chi connectivity index (χ4n) is 2.45. The highest BCUT2D eigenvalue weighted by Crippen LogP contribution is 2.16. The van der Waals surface area contributed by atoms with Gasteiger partial charge >= 0.3 is 0 Å². The Hall–Kier alpha value is -1.61. The van der Waals surface area contributed by atoms with Gasteiger partial charge in [-0.15, -0.1) is 6.42 Å². The van der Waals surface area contributed by atoms with Gasteiger partial charge in [0.2, 0.25) is 0 Å². The van der Waals surface area contributed by atoms with Crippen LogP contribution >= 0.6 is 0 Å². The lowest BCUT2D eigenvalue weighted by Crippen LogP contribution is -2.49. The minimum absolute atomic E-state index is 0.215. The second-order valence-electron chi connectivity index (χ2n) is 5.14. The predicted octanol–water partition coefficient (Wildman–Crippen LogP) is 0.958. The molecule has 1 atom stereocenters. The van der Waals surface area contributed by atoms with Crippen molar-refractivity contribution in [2.75, 3.05) is 50.8 Å². The van der Waals surface area contributed by atoms with Gasteiger partial charge in [0.05, 0.1) is 12.7 Å². The molecule has 5 heteroatoms. The van der Waals surface area contributed by atoms with E-state index in [0.29, 0.717) is 6.54 Å². The summed E-state index contributed by atoms with van der Waals surface area (Å²) in [6, 6.07) is 6.56. The zero-order valence-corrected chi connectivity index (χ0v) is 12.0. The average Bonchev–Trinajstić information content (AvgIpc) is 2.49. The number of terminal acetylenes is 1. The molecule has 0 unspecified atom stereocenters. The molecule has 0 bridgehead atoms. The fourth-order valence-corrected chi connectivity index (χ4v) is 2.45. The second kappa shape index (κ2) is 7.99. The number of rotatable bonds is 6. The first-order chi connectivity index (χ1) is 10.2. The number of benzene rings is 1. The molecule has 0 spiro atoms. The van der Waals surface area contributed by atoms with Gasteiger partial charge in [0.25, 0.3) is 0 Å². The molecule has 1 fully saturated rings. The summed E-state index contributed by atoms with van der Waals surface area (Å²) in [5.41, 5.74) is 1.04. The molecular formula is C16H21FN2O2. The molecule has 0 amide bonds. The summed E-state index contributed by atoms with van der Waals surface area (Å²) >= 11 is 0. The molecule has 1 aliphatic rings. The highest BCUT2D eigenvalue weighted by molar-refractivity contribution is 5.46. The maximum Gasteiger partial charge on any atom is 0.123 e. The van der Waals surface area contributed by atoms with Crippen LogP contribution in [0.15, 0.2) is 24.3 Å². The highest BCUT2D eigenvalue weighted by Gasteiger charge is 2.19. The molecule has 0 aromatic heterocycles. The Morgan fingerprint density at radius 2 is 1.90 bits per heavy atom. The van der Waals surface area contributed by atoms with E-state index >= 15 is 0 Å². The van der Waals surface area contributed by atoms with Crippen LogP contribution in [0.4, 0.5) is 10.1 Å². The van der Waals surface area contributed by atoms with E-state index in [1.807, 2.05) is 0 Å². The van der Waals surface area contributed by atoms with Gasteiger partial charge in [-0.2, -0.15) is 0 Å². The minimum Gasteiger partial charge on any atom is -0.389 e. The van der Waals surface area contributed by atoms with E-state index in [4.69, 9.17) is 11.2 Å². The molecule has 0 radical (unpaired) electrons. The summed E-state index contributed by atoms with van der Waals surface area (Å²) in [5, 5.41) is 9.85. The first-order valence-corrected chi connectivity index (χ1v) is 7.11. The Balaban J connectivity index is 1.73. The molecule has 1 saturated heterocycles. The van der Waals surface area contributed by atoms with Gasteiger partial charge in [-0.3, -0.25) is 4.90 Å². The molecule has 0 saturated carbocycles. The van der Waals surface area contributed by atoms with E-state index in [9.17, 15) is 9.50 Å². The van der Waals surface area contributed by atoms with E-state index in [1.54, 1.807) is 12.1 Å². The fraction of sp³-hybridized carbons (Fsp3) is 0.500. The first-order valence-electron chi connectivity index (χ1n) is 7.11. The number of hydrogen-bond donors (Lipinski definition) is 1. The van der Waals surface area contributed by atoms with Crippen LogP contribution in [0.3, 0.4) is 0 Å². The molecule has 1 N–H and O–H groups in total. The van der Waals surface area contributed by atoms with Gasteiger partial charge in [-0.05, 0) is 24.3 Å². The first kappa shape index (κ1) is 15.8. The van der Waals surface area contributed by atoms with Crippen molar-refractivity contribution >= 4 is 5.69 Å². The molecule has 2 rings (SSSR count). The second-order valence-corrected chi connectivity index (χ2v) is 5.14. The quantitative estimate of drug-likeness (QED) is 0.626. The Kier molecular flexibility index (Phi) is 6.00. The van der Waals surface area contributed by atoms with Crippen LogP contribution in [0.25, 0.3) is 0 Å². The van der Waals surface area contributed by atoms with E-state index in [0.717, 1.165) is 31.9 Å². The summed E-state index contributed by atoms with van der Waals surface area (Å²) in [7, 11) is 0. The SMILES string of the molecule is C#CCOC[C@H](O)CN1CCN(c2ccc(F)cc2)CC1. The van der Waals surface area contributed by atoms with Crippen LogP contribution in [0.1, 0.15) is 0 Å². The molecule has 0 aliphatic carbocycles. The third-order valence-electron chi connectivity index (χ3n) is 3.53. The molecule has 1 aromatic carbocycles. The van der Waals surface area contributed by atoms with Crippen molar-refractivity contribution in [2.45, 2.75) is 6.10 Å². The summed E-state index contributed by atoms with van der Waals surface area (Å²) in [6.45, 7) is 4.54. The predicted molar refractivity (Wildman–Crippen MR) is 80.7 cm³/mol. The van der Waals surface area contributed by atoms with Crippen molar-refractivity contribution in [1.29, 1.82) is 0 Å². The highest BCUT2D eigenvalue weighted by atomic mass is 19.1. The maximum atomic E-state index is 12.9. The number of ether oxygens (including phenoxy) is 1. The van der Waals surface area contributed by atoms with Gasteiger partial charge in [0, 0.05) is 38.4 Å². The minimum atomic E-state index is -0.518. The third kappa shape index (κ3) is 5.01. The van der Waals surface area contributed by atoms with Crippen molar-refractivity contribution < 1.29 is 14.2 Å². The lowest BCUT2D eigenvalue weighted by Gasteiger charge is -2.36. The third-order valence-corrected chi connectivity index (χ3v) is 3.53. The number of β-amino-alcohol motifs (C(OH)–C–C–N with tert-alkyl or cyclic N) is 1. The summed E-state index contributed by atoms with van der Waals surface area (Å²) in [5.74, 6) is 2.16. The van der Waals surface area contributed by atoms with Crippen LogP contribution in [0, 0.1) is 18.2 Å². The largest absolute Gasteiger partial charge is 0.389 e.